The van der Waals surface area contributed by atoms with Gasteiger partial charge in [-0.3, -0.25) is 0 Å². The van der Waals surface area contributed by atoms with E-state index in [0.29, 0.717) is 5.71 Å². The third-order valence-corrected chi connectivity index (χ3v) is 6.17. The molecule has 1 aliphatic heterocycles. The van der Waals surface area contributed by atoms with E-state index in [1.54, 1.807) is 6.33 Å². The summed E-state index contributed by atoms with van der Waals surface area (Å²) in [5.74, 6) is 0.848. The second-order valence-corrected chi connectivity index (χ2v) is 8.16. The lowest BCUT2D eigenvalue weighted by molar-refractivity contribution is 0.624. The van der Waals surface area contributed by atoms with Gasteiger partial charge in [0.25, 0.3) is 0 Å². The number of pyridine rings is 1. The van der Waals surface area contributed by atoms with Crippen LogP contribution in [0.25, 0.3) is 33.5 Å². The highest BCUT2D eigenvalue weighted by molar-refractivity contribution is 6.06. The van der Waals surface area contributed by atoms with Gasteiger partial charge in [-0.2, -0.15) is 0 Å². The van der Waals surface area contributed by atoms with Gasteiger partial charge in [0.05, 0.1) is 11.1 Å². The first kappa shape index (κ1) is 18.8. The standard InChI is InChI=1S/C26H23N5O/c1-18-16-21(19-8-4-2-5-9-19)29-26-22(18)23-24(32-26)25(28-17-27-23)31-14-12-30(13-15-31)20-10-6-3-7-11-20/h2-11,16-17H,12-15H2,1H3. The molecule has 0 unspecified atom stereocenters. The van der Waals surface area contributed by atoms with Crippen LogP contribution in [0.4, 0.5) is 11.5 Å². The van der Waals surface area contributed by atoms with Crippen molar-refractivity contribution in [1.82, 2.24) is 15.0 Å². The predicted molar refractivity (Wildman–Crippen MR) is 128 cm³/mol. The number of nitrogens with zero attached hydrogens (tertiary/aromatic N) is 5. The van der Waals surface area contributed by atoms with E-state index in [2.05, 4.69) is 75.2 Å². The average molecular weight is 422 g/mol. The predicted octanol–water partition coefficient (Wildman–Crippen LogP) is 5.07. The number of hydrogen-bond donors (Lipinski definition) is 0. The van der Waals surface area contributed by atoms with Crippen molar-refractivity contribution in [3.63, 3.8) is 0 Å². The van der Waals surface area contributed by atoms with E-state index in [4.69, 9.17) is 9.40 Å². The number of fused-ring (bicyclic) bond motifs is 3. The summed E-state index contributed by atoms with van der Waals surface area (Å²) < 4.78 is 6.30. The summed E-state index contributed by atoms with van der Waals surface area (Å²) in [5, 5.41) is 0.964. The molecule has 0 amide bonds. The van der Waals surface area contributed by atoms with Crippen LogP contribution in [0.2, 0.25) is 0 Å². The van der Waals surface area contributed by atoms with E-state index in [1.165, 1.54) is 5.69 Å². The molecule has 6 rings (SSSR count). The van der Waals surface area contributed by atoms with Crippen LogP contribution in [0.3, 0.4) is 0 Å². The molecule has 6 nitrogen and oxygen atoms in total. The van der Waals surface area contributed by atoms with E-state index in [-0.39, 0.29) is 0 Å². The van der Waals surface area contributed by atoms with Gasteiger partial charge in [0.1, 0.15) is 11.8 Å². The molecule has 1 fully saturated rings. The number of aryl methyl sites for hydroxylation is 1. The summed E-state index contributed by atoms with van der Waals surface area (Å²) in [6.45, 7) is 5.71. The first-order valence-electron chi connectivity index (χ1n) is 10.9. The fourth-order valence-electron chi connectivity index (χ4n) is 4.54. The molecule has 1 saturated heterocycles. The minimum atomic E-state index is 0.614. The summed E-state index contributed by atoms with van der Waals surface area (Å²) in [4.78, 5) is 18.7. The molecule has 0 spiro atoms. The summed E-state index contributed by atoms with van der Waals surface area (Å²) in [7, 11) is 0. The van der Waals surface area contributed by atoms with Crippen LogP contribution in [-0.4, -0.2) is 41.1 Å². The lowest BCUT2D eigenvalue weighted by Gasteiger charge is -2.36. The van der Waals surface area contributed by atoms with Crippen LogP contribution in [-0.2, 0) is 0 Å². The summed E-state index contributed by atoms with van der Waals surface area (Å²) in [5.41, 5.74) is 6.50. The highest BCUT2D eigenvalue weighted by Gasteiger charge is 2.24. The van der Waals surface area contributed by atoms with Crippen molar-refractivity contribution in [2.75, 3.05) is 36.0 Å². The van der Waals surface area contributed by atoms with Crippen LogP contribution in [0.15, 0.2) is 77.5 Å². The van der Waals surface area contributed by atoms with Gasteiger partial charge in [-0.15, -0.1) is 0 Å². The van der Waals surface area contributed by atoms with Crippen molar-refractivity contribution in [1.29, 1.82) is 0 Å². The molecule has 0 atom stereocenters. The van der Waals surface area contributed by atoms with E-state index in [0.717, 1.165) is 65.3 Å². The third-order valence-electron chi connectivity index (χ3n) is 6.17. The van der Waals surface area contributed by atoms with Gasteiger partial charge in [0.2, 0.25) is 5.71 Å². The first-order chi connectivity index (χ1) is 15.8. The molecule has 1 aliphatic rings. The number of para-hydroxylation sites is 1. The lowest BCUT2D eigenvalue weighted by atomic mass is 10.1. The molecule has 2 aromatic carbocycles. The van der Waals surface area contributed by atoms with Gasteiger partial charge in [-0.1, -0.05) is 48.5 Å². The van der Waals surface area contributed by atoms with Crippen molar-refractivity contribution in [2.45, 2.75) is 6.92 Å². The van der Waals surface area contributed by atoms with Gasteiger partial charge < -0.3 is 14.2 Å². The minimum absolute atomic E-state index is 0.614. The van der Waals surface area contributed by atoms with Crippen molar-refractivity contribution in [3.8, 4) is 11.3 Å². The summed E-state index contributed by atoms with van der Waals surface area (Å²) >= 11 is 0. The lowest BCUT2D eigenvalue weighted by Crippen LogP contribution is -2.46. The zero-order valence-electron chi connectivity index (χ0n) is 17.9. The van der Waals surface area contributed by atoms with E-state index < -0.39 is 0 Å². The van der Waals surface area contributed by atoms with E-state index in [1.807, 2.05) is 18.2 Å². The minimum Gasteiger partial charge on any atom is -0.432 e. The Balaban J connectivity index is 1.37. The number of benzene rings is 2. The monoisotopic (exact) mass is 421 g/mol. The van der Waals surface area contributed by atoms with Crippen LogP contribution in [0.1, 0.15) is 5.56 Å². The zero-order valence-corrected chi connectivity index (χ0v) is 17.9. The molecule has 3 aromatic heterocycles. The summed E-state index contributed by atoms with van der Waals surface area (Å²) in [6, 6.07) is 22.8. The average Bonchev–Trinajstić information content (AvgIpc) is 3.24. The molecule has 5 aromatic rings. The molecule has 158 valence electrons. The first-order valence-corrected chi connectivity index (χ1v) is 10.9. The van der Waals surface area contributed by atoms with Crippen LogP contribution in [0.5, 0.6) is 0 Å². The van der Waals surface area contributed by atoms with Crippen molar-refractivity contribution >= 4 is 33.7 Å². The summed E-state index contributed by atoms with van der Waals surface area (Å²) in [6.07, 6.45) is 1.64. The molecule has 4 heterocycles. The Morgan fingerprint density at radius 1 is 0.812 bits per heavy atom. The van der Waals surface area contributed by atoms with Crippen LogP contribution < -0.4 is 9.80 Å². The Morgan fingerprint density at radius 3 is 2.25 bits per heavy atom. The fraction of sp³-hybridized carbons (Fsp3) is 0.192. The van der Waals surface area contributed by atoms with Gasteiger partial charge in [-0.25, -0.2) is 15.0 Å². The second kappa shape index (κ2) is 7.64. The molecular weight excluding hydrogens is 398 g/mol. The second-order valence-electron chi connectivity index (χ2n) is 8.16. The van der Waals surface area contributed by atoms with Crippen LogP contribution in [0, 0.1) is 6.92 Å². The number of aromatic nitrogens is 3. The van der Waals surface area contributed by atoms with Crippen molar-refractivity contribution in [3.05, 3.63) is 78.6 Å². The van der Waals surface area contributed by atoms with E-state index >= 15 is 0 Å². The highest BCUT2D eigenvalue weighted by Crippen LogP contribution is 2.35. The Labute approximate surface area is 186 Å². The van der Waals surface area contributed by atoms with Crippen molar-refractivity contribution < 1.29 is 4.42 Å². The third kappa shape index (κ3) is 3.15. The quantitative estimate of drug-likeness (QED) is 0.405. The van der Waals surface area contributed by atoms with Gasteiger partial charge in [0.15, 0.2) is 11.4 Å². The number of anilines is 2. The molecule has 0 saturated carbocycles. The normalized spacial score (nSPS) is 14.4. The number of hydrogen-bond acceptors (Lipinski definition) is 6. The largest absolute Gasteiger partial charge is 0.432 e. The number of piperazine rings is 1. The molecule has 0 N–H and O–H groups in total. The van der Waals surface area contributed by atoms with E-state index in [9.17, 15) is 0 Å². The maximum Gasteiger partial charge on any atom is 0.230 e. The molecule has 0 bridgehead atoms. The van der Waals surface area contributed by atoms with Gasteiger partial charge in [-0.05, 0) is 30.7 Å². The van der Waals surface area contributed by atoms with Gasteiger partial charge >= 0.3 is 0 Å². The Bertz CT molecular complexity index is 1390. The maximum absolute atomic E-state index is 6.30. The molecular formula is C26H23N5O. The molecule has 0 radical (unpaired) electrons. The van der Waals surface area contributed by atoms with Crippen molar-refractivity contribution in [2.24, 2.45) is 0 Å². The molecule has 6 heteroatoms. The van der Waals surface area contributed by atoms with Gasteiger partial charge in [0, 0.05) is 37.4 Å². The molecule has 32 heavy (non-hydrogen) atoms. The SMILES string of the molecule is Cc1cc(-c2ccccc2)nc2oc3c(N4CCN(c5ccccc5)CC4)ncnc3c12. The van der Waals surface area contributed by atoms with Crippen LogP contribution >= 0.6 is 0 Å². The topological polar surface area (TPSA) is 58.3 Å². The zero-order chi connectivity index (χ0) is 21.5. The number of furan rings is 1. The maximum atomic E-state index is 6.30. The molecule has 0 aliphatic carbocycles. The number of rotatable bonds is 3. The fourth-order valence-corrected chi connectivity index (χ4v) is 4.54. The Hall–Kier alpha value is -3.93. The Morgan fingerprint density at radius 2 is 1.50 bits per heavy atom. The smallest absolute Gasteiger partial charge is 0.230 e. The highest BCUT2D eigenvalue weighted by atomic mass is 16.3. The Kier molecular flexibility index (Phi) is 4.49.